The molecule has 1 aromatic carbocycles. The molecule has 0 aromatic heterocycles. The van der Waals surface area contributed by atoms with Gasteiger partial charge in [-0.2, -0.15) is 0 Å². The van der Waals surface area contributed by atoms with Gasteiger partial charge in [-0.3, -0.25) is 9.59 Å². The molecule has 0 aliphatic carbocycles. The van der Waals surface area contributed by atoms with Crippen LogP contribution in [0.1, 0.15) is 16.8 Å². The lowest BCUT2D eigenvalue weighted by Crippen LogP contribution is -2.19. The summed E-state index contributed by atoms with van der Waals surface area (Å²) in [6, 6.07) is 4.45. The number of ether oxygens (including phenoxy) is 2. The summed E-state index contributed by atoms with van der Waals surface area (Å²) in [6.45, 7) is 0. The van der Waals surface area contributed by atoms with Crippen molar-refractivity contribution in [1.82, 2.24) is 0 Å². The SMILES string of the molecule is COC(=O)C(=O)CC(=O)c1cc(Cl)ccc1OC. The van der Waals surface area contributed by atoms with Crippen LogP contribution in [0.15, 0.2) is 18.2 Å². The van der Waals surface area contributed by atoms with Gasteiger partial charge < -0.3 is 9.47 Å². The lowest BCUT2D eigenvalue weighted by Gasteiger charge is -2.07. The van der Waals surface area contributed by atoms with Crippen LogP contribution in [0.4, 0.5) is 0 Å². The van der Waals surface area contributed by atoms with Gasteiger partial charge in [0.15, 0.2) is 5.78 Å². The summed E-state index contributed by atoms with van der Waals surface area (Å²) < 4.78 is 9.21. The van der Waals surface area contributed by atoms with Crippen LogP contribution in [-0.2, 0) is 14.3 Å². The molecular formula is C12H11ClO5. The molecule has 0 saturated heterocycles. The van der Waals surface area contributed by atoms with E-state index in [9.17, 15) is 14.4 Å². The van der Waals surface area contributed by atoms with E-state index in [1.807, 2.05) is 0 Å². The first-order valence-electron chi connectivity index (χ1n) is 4.97. The van der Waals surface area contributed by atoms with E-state index in [1.165, 1.54) is 19.2 Å². The third-order valence-corrected chi connectivity index (χ3v) is 2.43. The lowest BCUT2D eigenvalue weighted by molar-refractivity contribution is -0.151. The molecule has 0 fully saturated rings. The molecule has 1 aromatic rings. The van der Waals surface area contributed by atoms with E-state index in [1.54, 1.807) is 6.07 Å². The van der Waals surface area contributed by atoms with Gasteiger partial charge in [0.2, 0.25) is 5.78 Å². The van der Waals surface area contributed by atoms with Gasteiger partial charge in [0.1, 0.15) is 5.75 Å². The molecule has 0 radical (unpaired) electrons. The van der Waals surface area contributed by atoms with Gasteiger partial charge in [0.05, 0.1) is 26.2 Å². The fourth-order valence-corrected chi connectivity index (χ4v) is 1.50. The summed E-state index contributed by atoms with van der Waals surface area (Å²) in [5.74, 6) is -2.22. The number of methoxy groups -OCH3 is 2. The van der Waals surface area contributed by atoms with Crippen molar-refractivity contribution in [3.63, 3.8) is 0 Å². The van der Waals surface area contributed by atoms with Crippen LogP contribution in [0, 0.1) is 0 Å². The number of carbonyl (C=O) groups excluding carboxylic acids is 3. The van der Waals surface area contributed by atoms with E-state index in [0.29, 0.717) is 10.8 Å². The summed E-state index contributed by atoms with van der Waals surface area (Å²) in [4.78, 5) is 34.0. The van der Waals surface area contributed by atoms with Gasteiger partial charge in [0.25, 0.3) is 0 Å². The molecule has 0 aliphatic heterocycles. The quantitative estimate of drug-likeness (QED) is 0.352. The zero-order chi connectivity index (χ0) is 13.7. The standard InChI is InChI=1S/C12H11ClO5/c1-17-11-4-3-7(13)5-8(11)9(14)6-10(15)12(16)18-2/h3-5H,6H2,1-2H3. The first-order chi connectivity index (χ1) is 8.49. The predicted molar refractivity (Wildman–Crippen MR) is 64.0 cm³/mol. The van der Waals surface area contributed by atoms with E-state index in [2.05, 4.69) is 4.74 Å². The fraction of sp³-hybridized carbons (Fsp3) is 0.250. The van der Waals surface area contributed by atoms with Gasteiger partial charge >= 0.3 is 5.97 Å². The zero-order valence-corrected chi connectivity index (χ0v) is 10.6. The second-order valence-electron chi connectivity index (χ2n) is 3.36. The van der Waals surface area contributed by atoms with Gasteiger partial charge in [-0.1, -0.05) is 11.6 Å². The molecule has 0 N–H and O–H groups in total. The average Bonchev–Trinajstić information content (AvgIpc) is 2.37. The number of hydrogen-bond donors (Lipinski definition) is 0. The van der Waals surface area contributed by atoms with Gasteiger partial charge in [0, 0.05) is 5.02 Å². The van der Waals surface area contributed by atoms with Crippen LogP contribution in [0.5, 0.6) is 5.75 Å². The number of ketones is 2. The summed E-state index contributed by atoms with van der Waals surface area (Å²) in [5, 5.41) is 0.338. The Labute approximate surface area is 109 Å². The Balaban J connectivity index is 2.93. The monoisotopic (exact) mass is 270 g/mol. The Morgan fingerprint density at radius 3 is 2.44 bits per heavy atom. The molecule has 0 saturated carbocycles. The Kier molecular flexibility index (Phi) is 4.85. The number of rotatable bonds is 5. The second kappa shape index (κ2) is 6.16. The molecule has 5 nitrogen and oxygen atoms in total. The molecule has 0 spiro atoms. The minimum Gasteiger partial charge on any atom is -0.496 e. The Hall–Kier alpha value is -1.88. The van der Waals surface area contributed by atoms with E-state index >= 15 is 0 Å². The van der Waals surface area contributed by atoms with Gasteiger partial charge in [-0.05, 0) is 18.2 Å². The van der Waals surface area contributed by atoms with Crippen molar-refractivity contribution in [2.75, 3.05) is 14.2 Å². The predicted octanol–water partition coefficient (Wildman–Crippen LogP) is 1.66. The van der Waals surface area contributed by atoms with Crippen LogP contribution in [0.2, 0.25) is 5.02 Å². The number of Topliss-reactive ketones (excluding diaryl/α,β-unsaturated/α-hetero) is 2. The van der Waals surface area contributed by atoms with E-state index in [4.69, 9.17) is 16.3 Å². The molecule has 6 heteroatoms. The van der Waals surface area contributed by atoms with Crippen molar-refractivity contribution in [3.05, 3.63) is 28.8 Å². The van der Waals surface area contributed by atoms with Crippen LogP contribution in [0.3, 0.4) is 0 Å². The largest absolute Gasteiger partial charge is 0.496 e. The molecule has 0 heterocycles. The Morgan fingerprint density at radius 1 is 1.22 bits per heavy atom. The van der Waals surface area contributed by atoms with Crippen LogP contribution in [0.25, 0.3) is 0 Å². The number of carbonyl (C=O) groups is 3. The maximum atomic E-state index is 11.8. The minimum absolute atomic E-state index is 0.155. The highest BCUT2D eigenvalue weighted by molar-refractivity contribution is 6.38. The van der Waals surface area contributed by atoms with Crippen molar-refractivity contribution >= 4 is 29.1 Å². The molecule has 1 rings (SSSR count). The third-order valence-electron chi connectivity index (χ3n) is 2.20. The number of hydrogen-bond acceptors (Lipinski definition) is 5. The fourth-order valence-electron chi connectivity index (χ4n) is 1.33. The molecule has 0 unspecified atom stereocenters. The van der Waals surface area contributed by atoms with Crippen LogP contribution in [-0.4, -0.2) is 31.8 Å². The Bertz CT molecular complexity index is 495. The highest BCUT2D eigenvalue weighted by atomic mass is 35.5. The number of benzene rings is 1. The average molecular weight is 271 g/mol. The summed E-state index contributed by atoms with van der Waals surface area (Å²) >= 11 is 5.76. The maximum Gasteiger partial charge on any atom is 0.374 e. The van der Waals surface area contributed by atoms with Crippen molar-refractivity contribution in [3.8, 4) is 5.75 Å². The smallest absolute Gasteiger partial charge is 0.374 e. The molecule has 0 bridgehead atoms. The molecule has 96 valence electrons. The van der Waals surface area contributed by atoms with Gasteiger partial charge in [-0.15, -0.1) is 0 Å². The number of halogens is 1. The normalized spacial score (nSPS) is 9.72. The zero-order valence-electron chi connectivity index (χ0n) is 9.86. The molecule has 0 atom stereocenters. The summed E-state index contributed by atoms with van der Waals surface area (Å²) in [7, 11) is 2.47. The van der Waals surface area contributed by atoms with Crippen LogP contribution >= 0.6 is 11.6 Å². The van der Waals surface area contributed by atoms with Gasteiger partial charge in [-0.25, -0.2) is 4.79 Å². The van der Waals surface area contributed by atoms with E-state index in [-0.39, 0.29) is 5.56 Å². The van der Waals surface area contributed by atoms with Crippen molar-refractivity contribution in [2.45, 2.75) is 6.42 Å². The van der Waals surface area contributed by atoms with E-state index < -0.39 is 24.0 Å². The molecule has 0 amide bonds. The summed E-state index contributed by atoms with van der Waals surface area (Å²) in [6.07, 6.45) is -0.580. The third kappa shape index (κ3) is 3.30. The van der Waals surface area contributed by atoms with Crippen molar-refractivity contribution in [1.29, 1.82) is 0 Å². The summed E-state index contributed by atoms with van der Waals surface area (Å²) in [5.41, 5.74) is 0.155. The molecule has 0 aliphatic rings. The minimum atomic E-state index is -1.05. The van der Waals surface area contributed by atoms with Crippen molar-refractivity contribution < 1.29 is 23.9 Å². The van der Waals surface area contributed by atoms with Crippen molar-refractivity contribution in [2.24, 2.45) is 0 Å². The lowest BCUT2D eigenvalue weighted by atomic mass is 10.0. The van der Waals surface area contributed by atoms with Crippen LogP contribution < -0.4 is 4.74 Å². The second-order valence-corrected chi connectivity index (χ2v) is 3.80. The molecular weight excluding hydrogens is 260 g/mol. The topological polar surface area (TPSA) is 69.7 Å². The highest BCUT2D eigenvalue weighted by Gasteiger charge is 2.21. The van der Waals surface area contributed by atoms with E-state index in [0.717, 1.165) is 7.11 Å². The highest BCUT2D eigenvalue weighted by Crippen LogP contribution is 2.23. The first-order valence-corrected chi connectivity index (χ1v) is 5.35. The Morgan fingerprint density at radius 2 is 1.89 bits per heavy atom. The first kappa shape index (κ1) is 14.2. The molecule has 18 heavy (non-hydrogen) atoms. The number of esters is 1. The maximum absolute atomic E-state index is 11.8.